The molecule has 0 bridgehead atoms. The molecule has 19 heavy (non-hydrogen) atoms. The van der Waals surface area contributed by atoms with E-state index in [9.17, 15) is 9.59 Å². The van der Waals surface area contributed by atoms with Crippen molar-refractivity contribution < 1.29 is 14.3 Å². The second-order valence-electron chi connectivity index (χ2n) is 4.17. The molecule has 0 spiro atoms. The van der Waals surface area contributed by atoms with Crippen LogP contribution < -0.4 is 5.32 Å². The van der Waals surface area contributed by atoms with E-state index in [0.717, 1.165) is 0 Å². The highest BCUT2D eigenvalue weighted by atomic mass is 35.5. The van der Waals surface area contributed by atoms with Crippen molar-refractivity contribution in [2.75, 3.05) is 32.8 Å². The molecule has 2 rings (SSSR count). The minimum Gasteiger partial charge on any atom is -0.370 e. The normalized spacial score (nSPS) is 15.4. The van der Waals surface area contributed by atoms with Gasteiger partial charge in [-0.15, -0.1) is 0 Å². The molecular weight excluding hydrogens is 268 g/mol. The fourth-order valence-corrected chi connectivity index (χ4v) is 2.05. The lowest BCUT2D eigenvalue weighted by atomic mass is 10.2. The van der Waals surface area contributed by atoms with Crippen molar-refractivity contribution in [1.82, 2.24) is 10.2 Å². The van der Waals surface area contributed by atoms with Gasteiger partial charge in [0.25, 0.3) is 5.91 Å². The van der Waals surface area contributed by atoms with Gasteiger partial charge in [-0.05, 0) is 12.1 Å². The third kappa shape index (κ3) is 3.68. The van der Waals surface area contributed by atoms with Crippen molar-refractivity contribution in [3.63, 3.8) is 0 Å². The lowest BCUT2D eigenvalue weighted by Gasteiger charge is -2.26. The third-order valence-electron chi connectivity index (χ3n) is 2.87. The molecular formula is C13H15ClN2O3. The first kappa shape index (κ1) is 13.8. The minimum absolute atomic E-state index is 0.0433. The Kier molecular flexibility index (Phi) is 4.76. The van der Waals surface area contributed by atoms with Crippen LogP contribution in [0, 0.1) is 0 Å². The summed E-state index contributed by atoms with van der Waals surface area (Å²) in [4.78, 5) is 25.0. The summed E-state index contributed by atoms with van der Waals surface area (Å²) in [7, 11) is 0. The SMILES string of the molecule is O=C(NCCN1CCOCC1=O)c1ccccc1Cl. The molecule has 1 aromatic rings. The van der Waals surface area contributed by atoms with Crippen LogP contribution in [-0.2, 0) is 9.53 Å². The highest BCUT2D eigenvalue weighted by molar-refractivity contribution is 6.33. The minimum atomic E-state index is -0.230. The van der Waals surface area contributed by atoms with E-state index in [4.69, 9.17) is 16.3 Å². The van der Waals surface area contributed by atoms with Crippen molar-refractivity contribution in [3.05, 3.63) is 34.9 Å². The van der Waals surface area contributed by atoms with Gasteiger partial charge in [-0.1, -0.05) is 23.7 Å². The van der Waals surface area contributed by atoms with Gasteiger partial charge in [0.2, 0.25) is 5.91 Å². The molecule has 2 amide bonds. The monoisotopic (exact) mass is 282 g/mol. The third-order valence-corrected chi connectivity index (χ3v) is 3.20. The Hall–Kier alpha value is -1.59. The topological polar surface area (TPSA) is 58.6 Å². The van der Waals surface area contributed by atoms with Gasteiger partial charge in [-0.25, -0.2) is 0 Å². The average Bonchev–Trinajstić information content (AvgIpc) is 2.41. The average molecular weight is 283 g/mol. The first-order chi connectivity index (χ1) is 9.18. The maximum Gasteiger partial charge on any atom is 0.252 e. The number of ether oxygens (including phenoxy) is 1. The van der Waals surface area contributed by atoms with Gasteiger partial charge >= 0.3 is 0 Å². The van der Waals surface area contributed by atoms with Crippen LogP contribution in [0.3, 0.4) is 0 Å². The van der Waals surface area contributed by atoms with Gasteiger partial charge in [0.1, 0.15) is 6.61 Å². The number of hydrogen-bond acceptors (Lipinski definition) is 3. The molecule has 1 aliphatic heterocycles. The van der Waals surface area contributed by atoms with E-state index in [0.29, 0.717) is 36.8 Å². The van der Waals surface area contributed by atoms with E-state index in [1.54, 1.807) is 29.2 Å². The zero-order valence-electron chi connectivity index (χ0n) is 10.4. The predicted molar refractivity (Wildman–Crippen MR) is 71.2 cm³/mol. The molecule has 1 saturated heterocycles. The maximum atomic E-state index is 11.9. The largest absolute Gasteiger partial charge is 0.370 e. The molecule has 1 aliphatic rings. The van der Waals surface area contributed by atoms with Gasteiger partial charge < -0.3 is 15.0 Å². The zero-order valence-corrected chi connectivity index (χ0v) is 11.2. The first-order valence-corrected chi connectivity index (χ1v) is 6.44. The van der Waals surface area contributed by atoms with Crippen LogP contribution >= 0.6 is 11.6 Å². The summed E-state index contributed by atoms with van der Waals surface area (Å²) in [6.45, 7) is 2.12. The number of rotatable bonds is 4. The fourth-order valence-electron chi connectivity index (χ4n) is 1.83. The molecule has 5 nitrogen and oxygen atoms in total. The molecule has 1 N–H and O–H groups in total. The van der Waals surface area contributed by atoms with E-state index in [1.165, 1.54) is 0 Å². The molecule has 6 heteroatoms. The number of halogens is 1. The molecule has 1 fully saturated rings. The van der Waals surface area contributed by atoms with Crippen molar-refractivity contribution in [2.45, 2.75) is 0 Å². The van der Waals surface area contributed by atoms with E-state index in [-0.39, 0.29) is 18.4 Å². The molecule has 0 radical (unpaired) electrons. The fraction of sp³-hybridized carbons (Fsp3) is 0.385. The van der Waals surface area contributed by atoms with Crippen LogP contribution in [0.5, 0.6) is 0 Å². The second-order valence-corrected chi connectivity index (χ2v) is 4.58. The quantitative estimate of drug-likeness (QED) is 0.894. The highest BCUT2D eigenvalue weighted by Gasteiger charge is 2.18. The summed E-state index contributed by atoms with van der Waals surface area (Å²) in [5.74, 6) is -0.274. The van der Waals surface area contributed by atoms with Crippen molar-refractivity contribution >= 4 is 23.4 Å². The van der Waals surface area contributed by atoms with Crippen LogP contribution in [0.25, 0.3) is 0 Å². The van der Waals surface area contributed by atoms with Gasteiger partial charge in [-0.3, -0.25) is 9.59 Å². The zero-order chi connectivity index (χ0) is 13.7. The van der Waals surface area contributed by atoms with E-state index in [2.05, 4.69) is 5.32 Å². The summed E-state index contributed by atoms with van der Waals surface area (Å²) in [6, 6.07) is 6.86. The van der Waals surface area contributed by atoms with E-state index < -0.39 is 0 Å². The Morgan fingerprint density at radius 1 is 1.42 bits per heavy atom. The van der Waals surface area contributed by atoms with Crippen LogP contribution in [-0.4, -0.2) is 49.6 Å². The Morgan fingerprint density at radius 3 is 2.95 bits per heavy atom. The van der Waals surface area contributed by atoms with Gasteiger partial charge in [0, 0.05) is 19.6 Å². The number of amides is 2. The smallest absolute Gasteiger partial charge is 0.252 e. The van der Waals surface area contributed by atoms with Crippen LogP contribution in [0.1, 0.15) is 10.4 Å². The second kappa shape index (κ2) is 6.54. The molecule has 0 aromatic heterocycles. The molecule has 0 unspecified atom stereocenters. The summed E-state index contributed by atoms with van der Waals surface area (Å²) < 4.78 is 5.03. The van der Waals surface area contributed by atoms with Gasteiger partial charge in [0.05, 0.1) is 17.2 Å². The Morgan fingerprint density at radius 2 is 2.21 bits per heavy atom. The number of hydrogen-bond donors (Lipinski definition) is 1. The Balaban J connectivity index is 1.81. The lowest BCUT2D eigenvalue weighted by Crippen LogP contribution is -2.45. The molecule has 0 saturated carbocycles. The van der Waals surface area contributed by atoms with Crippen molar-refractivity contribution in [1.29, 1.82) is 0 Å². The first-order valence-electron chi connectivity index (χ1n) is 6.07. The molecule has 1 heterocycles. The lowest BCUT2D eigenvalue weighted by molar-refractivity contribution is -0.142. The van der Waals surface area contributed by atoms with Crippen LogP contribution in [0.4, 0.5) is 0 Å². The molecule has 102 valence electrons. The van der Waals surface area contributed by atoms with Crippen molar-refractivity contribution in [3.8, 4) is 0 Å². The number of benzene rings is 1. The van der Waals surface area contributed by atoms with E-state index >= 15 is 0 Å². The predicted octanol–water partition coefficient (Wildman–Crippen LogP) is 0.929. The standard InChI is InChI=1S/C13H15ClN2O3/c14-11-4-2-1-3-10(11)13(18)15-5-6-16-7-8-19-9-12(16)17/h1-4H,5-9H2,(H,15,18). The summed E-state index contributed by atoms with van der Waals surface area (Å²) in [5.41, 5.74) is 0.442. The molecule has 1 aromatic carbocycles. The van der Waals surface area contributed by atoms with Crippen molar-refractivity contribution in [2.24, 2.45) is 0 Å². The van der Waals surface area contributed by atoms with E-state index in [1.807, 2.05) is 0 Å². The molecule has 0 aliphatic carbocycles. The van der Waals surface area contributed by atoms with Crippen LogP contribution in [0.15, 0.2) is 24.3 Å². The Bertz CT molecular complexity index is 479. The summed E-state index contributed by atoms with van der Waals surface area (Å²) in [5, 5.41) is 3.17. The number of carbonyl (C=O) groups excluding carboxylic acids is 2. The highest BCUT2D eigenvalue weighted by Crippen LogP contribution is 2.14. The number of carbonyl (C=O) groups is 2. The number of nitrogens with one attached hydrogen (secondary N) is 1. The van der Waals surface area contributed by atoms with Crippen LogP contribution in [0.2, 0.25) is 5.02 Å². The Labute approximate surface area is 116 Å². The number of nitrogens with zero attached hydrogens (tertiary/aromatic N) is 1. The maximum absolute atomic E-state index is 11.9. The molecule has 0 atom stereocenters. The van der Waals surface area contributed by atoms with Gasteiger partial charge in [-0.2, -0.15) is 0 Å². The summed E-state index contributed by atoms with van der Waals surface area (Å²) >= 11 is 5.93. The number of morpholine rings is 1. The van der Waals surface area contributed by atoms with Gasteiger partial charge in [0.15, 0.2) is 0 Å². The summed E-state index contributed by atoms with van der Waals surface area (Å²) in [6.07, 6.45) is 0.